The molecule has 3 rings (SSSR count). The van der Waals surface area contributed by atoms with Gasteiger partial charge in [-0.2, -0.15) is 0 Å². The van der Waals surface area contributed by atoms with E-state index in [9.17, 15) is 9.59 Å². The van der Waals surface area contributed by atoms with Crippen molar-refractivity contribution >= 4 is 23.2 Å². The Labute approximate surface area is 164 Å². The van der Waals surface area contributed by atoms with E-state index in [2.05, 4.69) is 11.9 Å². The van der Waals surface area contributed by atoms with Gasteiger partial charge in [0.15, 0.2) is 12.7 Å². The molecule has 2 aromatic rings. The predicted molar refractivity (Wildman–Crippen MR) is 109 cm³/mol. The van der Waals surface area contributed by atoms with Crippen LogP contribution in [0.15, 0.2) is 54.6 Å². The number of benzene rings is 2. The van der Waals surface area contributed by atoms with Gasteiger partial charge in [-0.25, -0.2) is 0 Å². The number of ether oxygens (including phenoxy) is 2. The standard InChI is InChI=1S/C22H24N2O4/c1-14(2)12-24-19-10-7-17(11-20(19)28-16(4)22(24)26)23-21(25)13-27-18-8-5-15(3)6-9-18/h5-11,16H,1,12-13H2,2-4H3,(H,23,25). The van der Waals surface area contributed by atoms with Crippen LogP contribution in [0.25, 0.3) is 0 Å². The van der Waals surface area contributed by atoms with Gasteiger partial charge >= 0.3 is 0 Å². The van der Waals surface area contributed by atoms with Crippen LogP contribution in [0.1, 0.15) is 19.4 Å². The topological polar surface area (TPSA) is 67.9 Å². The van der Waals surface area contributed by atoms with Crippen molar-refractivity contribution in [1.29, 1.82) is 0 Å². The third-order valence-corrected chi connectivity index (χ3v) is 4.27. The van der Waals surface area contributed by atoms with Crippen molar-refractivity contribution in [2.24, 2.45) is 0 Å². The molecule has 6 nitrogen and oxygen atoms in total. The van der Waals surface area contributed by atoms with E-state index in [1.54, 1.807) is 30.0 Å². The highest BCUT2D eigenvalue weighted by Crippen LogP contribution is 2.36. The molecule has 2 aromatic carbocycles. The van der Waals surface area contributed by atoms with Gasteiger partial charge in [-0.1, -0.05) is 29.8 Å². The van der Waals surface area contributed by atoms with Crippen molar-refractivity contribution in [2.75, 3.05) is 23.4 Å². The van der Waals surface area contributed by atoms with Crippen molar-refractivity contribution in [3.63, 3.8) is 0 Å². The molecule has 1 heterocycles. The highest BCUT2D eigenvalue weighted by Gasteiger charge is 2.31. The normalized spacial score (nSPS) is 15.5. The fourth-order valence-electron chi connectivity index (χ4n) is 2.90. The van der Waals surface area contributed by atoms with E-state index in [-0.39, 0.29) is 18.4 Å². The number of nitrogens with one attached hydrogen (secondary N) is 1. The van der Waals surface area contributed by atoms with Crippen molar-refractivity contribution in [2.45, 2.75) is 26.9 Å². The third kappa shape index (κ3) is 4.52. The fourth-order valence-corrected chi connectivity index (χ4v) is 2.90. The van der Waals surface area contributed by atoms with Crippen molar-refractivity contribution in [3.8, 4) is 11.5 Å². The summed E-state index contributed by atoms with van der Waals surface area (Å²) in [4.78, 5) is 26.2. The van der Waals surface area contributed by atoms with Crippen molar-refractivity contribution < 1.29 is 19.1 Å². The number of hydrogen-bond donors (Lipinski definition) is 1. The molecule has 1 unspecified atom stereocenters. The molecule has 28 heavy (non-hydrogen) atoms. The van der Waals surface area contributed by atoms with Gasteiger partial charge in [0.1, 0.15) is 11.5 Å². The molecular weight excluding hydrogens is 356 g/mol. The summed E-state index contributed by atoms with van der Waals surface area (Å²) in [6.07, 6.45) is -0.595. The van der Waals surface area contributed by atoms with E-state index in [0.717, 1.165) is 11.1 Å². The van der Waals surface area contributed by atoms with Crippen LogP contribution < -0.4 is 19.7 Å². The second-order valence-corrected chi connectivity index (χ2v) is 6.97. The minimum Gasteiger partial charge on any atom is -0.484 e. The smallest absolute Gasteiger partial charge is 0.268 e. The highest BCUT2D eigenvalue weighted by molar-refractivity contribution is 6.01. The third-order valence-electron chi connectivity index (χ3n) is 4.27. The summed E-state index contributed by atoms with van der Waals surface area (Å²) in [5.74, 6) is 0.793. The Kier molecular flexibility index (Phi) is 5.68. The maximum Gasteiger partial charge on any atom is 0.268 e. The molecule has 0 spiro atoms. The SMILES string of the molecule is C=C(C)CN1C(=O)C(C)Oc2cc(NC(=O)COc3ccc(C)cc3)ccc21. The first-order chi connectivity index (χ1) is 13.3. The second kappa shape index (κ2) is 8.17. The minimum atomic E-state index is -0.595. The molecular formula is C22H24N2O4. The van der Waals surface area contributed by atoms with Crippen LogP contribution in [0.3, 0.4) is 0 Å². The monoisotopic (exact) mass is 380 g/mol. The lowest BCUT2D eigenvalue weighted by Crippen LogP contribution is -2.45. The Hall–Kier alpha value is -3.28. The number of hydrogen-bond acceptors (Lipinski definition) is 4. The average molecular weight is 380 g/mol. The maximum atomic E-state index is 12.4. The molecule has 1 N–H and O–H groups in total. The molecule has 0 saturated heterocycles. The van der Waals surface area contributed by atoms with Crippen molar-refractivity contribution in [3.05, 3.63) is 60.2 Å². The first-order valence-corrected chi connectivity index (χ1v) is 9.09. The molecule has 2 amide bonds. The largest absolute Gasteiger partial charge is 0.484 e. The molecule has 0 bridgehead atoms. The number of aryl methyl sites for hydroxylation is 1. The molecule has 1 atom stereocenters. The molecule has 0 fully saturated rings. The molecule has 0 radical (unpaired) electrons. The molecule has 146 valence electrons. The molecule has 6 heteroatoms. The Bertz CT molecular complexity index is 905. The first kappa shape index (κ1) is 19.5. The van der Waals surface area contributed by atoms with Crippen LogP contribution in [0.4, 0.5) is 11.4 Å². The number of amides is 2. The average Bonchev–Trinajstić information content (AvgIpc) is 2.64. The zero-order valence-electron chi connectivity index (χ0n) is 16.3. The first-order valence-electron chi connectivity index (χ1n) is 9.09. The number of nitrogens with zero attached hydrogens (tertiary/aromatic N) is 1. The molecule has 0 aliphatic carbocycles. The summed E-state index contributed by atoms with van der Waals surface area (Å²) < 4.78 is 11.2. The fraction of sp³-hybridized carbons (Fsp3) is 0.273. The summed E-state index contributed by atoms with van der Waals surface area (Å²) in [7, 11) is 0. The van der Waals surface area contributed by atoms with Gasteiger partial charge in [-0.15, -0.1) is 0 Å². The van der Waals surface area contributed by atoms with Gasteiger partial charge in [0, 0.05) is 18.3 Å². The quantitative estimate of drug-likeness (QED) is 0.776. The maximum absolute atomic E-state index is 12.4. The number of anilines is 2. The van der Waals surface area contributed by atoms with Gasteiger partial charge in [-0.3, -0.25) is 9.59 Å². The summed E-state index contributed by atoms with van der Waals surface area (Å²) in [6.45, 7) is 9.77. The van der Waals surface area contributed by atoms with Crippen LogP contribution in [-0.4, -0.2) is 31.1 Å². The minimum absolute atomic E-state index is 0.0995. The van der Waals surface area contributed by atoms with Gasteiger partial charge < -0.3 is 19.7 Å². The zero-order valence-corrected chi connectivity index (χ0v) is 16.3. The van der Waals surface area contributed by atoms with Gasteiger partial charge in [0.05, 0.1) is 5.69 Å². The number of carbonyl (C=O) groups excluding carboxylic acids is 2. The molecule has 1 aliphatic rings. The second-order valence-electron chi connectivity index (χ2n) is 6.97. The lowest BCUT2D eigenvalue weighted by Gasteiger charge is -2.33. The van der Waals surface area contributed by atoms with Crippen LogP contribution in [-0.2, 0) is 9.59 Å². The van der Waals surface area contributed by atoms with Gasteiger partial charge in [0.2, 0.25) is 0 Å². The predicted octanol–water partition coefficient (Wildman–Crippen LogP) is 3.70. The van der Waals surface area contributed by atoms with E-state index in [4.69, 9.17) is 9.47 Å². The number of fused-ring (bicyclic) bond motifs is 1. The number of rotatable bonds is 6. The summed E-state index contributed by atoms with van der Waals surface area (Å²) >= 11 is 0. The van der Waals surface area contributed by atoms with Gasteiger partial charge in [0.25, 0.3) is 11.8 Å². The van der Waals surface area contributed by atoms with E-state index in [1.165, 1.54) is 0 Å². The van der Waals surface area contributed by atoms with Gasteiger partial charge in [-0.05, 0) is 45.0 Å². The molecule has 1 aliphatic heterocycles. The number of carbonyl (C=O) groups is 2. The van der Waals surface area contributed by atoms with E-state index in [0.29, 0.717) is 29.4 Å². The zero-order chi connectivity index (χ0) is 20.3. The van der Waals surface area contributed by atoms with E-state index >= 15 is 0 Å². The van der Waals surface area contributed by atoms with Crippen LogP contribution in [0.5, 0.6) is 11.5 Å². The van der Waals surface area contributed by atoms with Crippen molar-refractivity contribution in [1.82, 2.24) is 0 Å². The summed E-state index contributed by atoms with van der Waals surface area (Å²) in [6, 6.07) is 12.7. The van der Waals surface area contributed by atoms with Crippen LogP contribution in [0.2, 0.25) is 0 Å². The molecule has 0 aromatic heterocycles. The Morgan fingerprint density at radius 3 is 2.64 bits per heavy atom. The Morgan fingerprint density at radius 2 is 1.96 bits per heavy atom. The highest BCUT2D eigenvalue weighted by atomic mass is 16.5. The Morgan fingerprint density at radius 1 is 1.25 bits per heavy atom. The molecule has 0 saturated carbocycles. The van der Waals surface area contributed by atoms with E-state index in [1.807, 2.05) is 38.1 Å². The Balaban J connectivity index is 1.68. The lowest BCUT2D eigenvalue weighted by molar-refractivity contribution is -0.125. The van der Waals surface area contributed by atoms with Crippen LogP contribution >= 0.6 is 0 Å². The van der Waals surface area contributed by atoms with E-state index < -0.39 is 6.10 Å². The summed E-state index contributed by atoms with van der Waals surface area (Å²) in [5.41, 5.74) is 3.24. The lowest BCUT2D eigenvalue weighted by atomic mass is 10.1. The summed E-state index contributed by atoms with van der Waals surface area (Å²) in [5, 5.41) is 2.79. The van der Waals surface area contributed by atoms with Crippen LogP contribution in [0, 0.1) is 6.92 Å².